The molecule has 0 heterocycles. The molecule has 1 aromatic carbocycles. The molecule has 1 N–H and O–H groups in total. The maximum absolute atomic E-state index is 8.81. The van der Waals surface area contributed by atoms with Crippen molar-refractivity contribution >= 4 is 0 Å². The van der Waals surface area contributed by atoms with Crippen LogP contribution in [0.3, 0.4) is 0 Å². The molecule has 1 rings (SSSR count). The average Bonchev–Trinajstić information content (AvgIpc) is 2.34. The number of hydrogen-bond acceptors (Lipinski definition) is 3. The van der Waals surface area contributed by atoms with Crippen molar-refractivity contribution in [1.82, 2.24) is 5.32 Å². The van der Waals surface area contributed by atoms with Crippen LogP contribution in [0.4, 0.5) is 0 Å². The van der Waals surface area contributed by atoms with Gasteiger partial charge in [-0.2, -0.15) is 5.26 Å². The van der Waals surface area contributed by atoms with Crippen molar-refractivity contribution in [1.29, 1.82) is 5.26 Å². The quantitative estimate of drug-likeness (QED) is 0.869. The fourth-order valence-corrected chi connectivity index (χ4v) is 1.62. The highest BCUT2D eigenvalue weighted by Crippen LogP contribution is 2.25. The van der Waals surface area contributed by atoms with Gasteiger partial charge in [-0.1, -0.05) is 32.9 Å². The molecule has 0 bridgehead atoms. The van der Waals surface area contributed by atoms with Gasteiger partial charge in [0.15, 0.2) is 0 Å². The van der Waals surface area contributed by atoms with Crippen molar-refractivity contribution in [3.63, 3.8) is 0 Å². The summed E-state index contributed by atoms with van der Waals surface area (Å²) in [6.07, 6.45) is 0.687. The monoisotopic (exact) mass is 246 g/mol. The zero-order valence-electron chi connectivity index (χ0n) is 11.7. The van der Waals surface area contributed by atoms with Crippen LogP contribution in [0, 0.1) is 11.3 Å². The molecule has 0 aliphatic rings. The summed E-state index contributed by atoms with van der Waals surface area (Å²) in [6, 6.07) is 10.2. The molecule has 0 saturated carbocycles. The van der Waals surface area contributed by atoms with Crippen LogP contribution in [0.1, 0.15) is 32.8 Å². The van der Waals surface area contributed by atoms with Crippen LogP contribution < -0.4 is 10.1 Å². The van der Waals surface area contributed by atoms with Crippen molar-refractivity contribution < 1.29 is 4.74 Å². The van der Waals surface area contributed by atoms with E-state index in [-0.39, 0.29) is 11.5 Å². The number of ether oxygens (including phenoxy) is 1. The highest BCUT2D eigenvalue weighted by Gasteiger charge is 2.14. The predicted octanol–water partition coefficient (Wildman–Crippen LogP) is 2.86. The topological polar surface area (TPSA) is 45.0 Å². The molecule has 0 radical (unpaired) electrons. The first-order chi connectivity index (χ1) is 8.47. The Balaban J connectivity index is 2.56. The van der Waals surface area contributed by atoms with Crippen LogP contribution >= 0.6 is 0 Å². The maximum Gasteiger partial charge on any atom is 0.119 e. The first-order valence-electron chi connectivity index (χ1n) is 6.27. The zero-order valence-corrected chi connectivity index (χ0v) is 11.7. The lowest BCUT2D eigenvalue weighted by molar-refractivity contribution is 0.299. The second kappa shape index (κ2) is 6.42. The van der Waals surface area contributed by atoms with Gasteiger partial charge in [-0.3, -0.25) is 0 Å². The minimum absolute atomic E-state index is 0.125. The molecule has 0 spiro atoms. The summed E-state index contributed by atoms with van der Waals surface area (Å²) in [5.74, 6) is 0.871. The zero-order chi connectivity index (χ0) is 13.6. The van der Waals surface area contributed by atoms with E-state index in [2.05, 4.69) is 44.3 Å². The lowest BCUT2D eigenvalue weighted by atomic mass is 9.87. The van der Waals surface area contributed by atoms with Gasteiger partial charge in [0.05, 0.1) is 18.7 Å². The third-order valence-corrected chi connectivity index (χ3v) is 2.88. The summed E-state index contributed by atoms with van der Waals surface area (Å²) in [5, 5.41) is 11.7. The van der Waals surface area contributed by atoms with Crippen LogP contribution in [-0.4, -0.2) is 19.7 Å². The van der Waals surface area contributed by atoms with E-state index in [0.717, 1.165) is 5.75 Å². The first-order valence-corrected chi connectivity index (χ1v) is 6.27. The van der Waals surface area contributed by atoms with Crippen molar-refractivity contribution in [2.45, 2.75) is 38.6 Å². The van der Waals surface area contributed by atoms with E-state index in [0.29, 0.717) is 13.0 Å². The molecule has 0 aliphatic heterocycles. The van der Waals surface area contributed by atoms with E-state index in [1.54, 1.807) is 7.05 Å². The van der Waals surface area contributed by atoms with Gasteiger partial charge in [0.25, 0.3) is 0 Å². The largest absolute Gasteiger partial charge is 0.493 e. The number of nitrogens with zero attached hydrogens (tertiary/aromatic N) is 1. The Kier molecular flexibility index (Phi) is 5.18. The van der Waals surface area contributed by atoms with Gasteiger partial charge in [-0.25, -0.2) is 0 Å². The molecule has 3 nitrogen and oxygen atoms in total. The van der Waals surface area contributed by atoms with Crippen molar-refractivity contribution in [3.8, 4) is 11.8 Å². The van der Waals surface area contributed by atoms with Gasteiger partial charge >= 0.3 is 0 Å². The SMILES string of the molecule is CNC(C#N)CCOc1cccc(C(C)(C)C)c1. The first kappa shape index (κ1) is 14.5. The minimum atomic E-state index is -0.143. The molecule has 0 aromatic heterocycles. The normalized spacial score (nSPS) is 12.8. The molecule has 3 heteroatoms. The smallest absolute Gasteiger partial charge is 0.119 e. The third kappa shape index (κ3) is 4.38. The van der Waals surface area contributed by atoms with Gasteiger partial charge in [-0.05, 0) is 30.2 Å². The summed E-state index contributed by atoms with van der Waals surface area (Å²) in [7, 11) is 1.79. The standard InChI is InChI=1S/C15H22N2O/c1-15(2,3)12-6-5-7-14(10-12)18-9-8-13(11-16)17-4/h5-7,10,13,17H,8-9H2,1-4H3. The van der Waals surface area contributed by atoms with Crippen LogP contribution in [0.25, 0.3) is 0 Å². The van der Waals surface area contributed by atoms with Gasteiger partial charge in [-0.15, -0.1) is 0 Å². The Hall–Kier alpha value is -1.53. The summed E-state index contributed by atoms with van der Waals surface area (Å²) in [4.78, 5) is 0. The Morgan fingerprint density at radius 2 is 2.11 bits per heavy atom. The number of rotatable bonds is 5. The molecular weight excluding hydrogens is 224 g/mol. The Bertz CT molecular complexity index is 415. The van der Waals surface area contributed by atoms with Crippen LogP contribution in [0.2, 0.25) is 0 Å². The number of nitriles is 1. The minimum Gasteiger partial charge on any atom is -0.493 e. The molecule has 18 heavy (non-hydrogen) atoms. The number of benzene rings is 1. The summed E-state index contributed by atoms with van der Waals surface area (Å²) in [5.41, 5.74) is 1.38. The van der Waals surface area contributed by atoms with Gasteiger partial charge in [0.1, 0.15) is 5.75 Å². The lowest BCUT2D eigenvalue weighted by Crippen LogP contribution is -2.25. The lowest BCUT2D eigenvalue weighted by Gasteiger charge is -2.20. The molecule has 0 aliphatic carbocycles. The van der Waals surface area contributed by atoms with Crippen molar-refractivity contribution in [3.05, 3.63) is 29.8 Å². The van der Waals surface area contributed by atoms with E-state index in [9.17, 15) is 0 Å². The average molecular weight is 246 g/mol. The third-order valence-electron chi connectivity index (χ3n) is 2.88. The number of nitrogens with one attached hydrogen (secondary N) is 1. The van der Waals surface area contributed by atoms with Crippen LogP contribution in [-0.2, 0) is 5.41 Å². The van der Waals surface area contributed by atoms with E-state index in [1.165, 1.54) is 5.56 Å². The fourth-order valence-electron chi connectivity index (χ4n) is 1.62. The Morgan fingerprint density at radius 3 is 2.67 bits per heavy atom. The fraction of sp³-hybridized carbons (Fsp3) is 0.533. The predicted molar refractivity (Wildman–Crippen MR) is 73.7 cm³/mol. The van der Waals surface area contributed by atoms with Crippen LogP contribution in [0.5, 0.6) is 5.75 Å². The van der Waals surface area contributed by atoms with Crippen molar-refractivity contribution in [2.75, 3.05) is 13.7 Å². The van der Waals surface area contributed by atoms with E-state index in [1.807, 2.05) is 12.1 Å². The highest BCUT2D eigenvalue weighted by molar-refractivity contribution is 5.32. The number of hydrogen-bond donors (Lipinski definition) is 1. The van der Waals surface area contributed by atoms with Gasteiger partial charge < -0.3 is 10.1 Å². The molecule has 0 saturated heterocycles. The molecule has 1 atom stereocenters. The Morgan fingerprint density at radius 1 is 1.39 bits per heavy atom. The van der Waals surface area contributed by atoms with Crippen molar-refractivity contribution in [2.24, 2.45) is 0 Å². The highest BCUT2D eigenvalue weighted by atomic mass is 16.5. The van der Waals surface area contributed by atoms with Gasteiger partial charge in [0.2, 0.25) is 0 Å². The molecule has 1 unspecified atom stereocenters. The molecule has 98 valence electrons. The summed E-state index contributed by atoms with van der Waals surface area (Å²) < 4.78 is 5.68. The van der Waals surface area contributed by atoms with Crippen LogP contribution in [0.15, 0.2) is 24.3 Å². The van der Waals surface area contributed by atoms with Gasteiger partial charge in [0, 0.05) is 6.42 Å². The van der Waals surface area contributed by atoms with E-state index >= 15 is 0 Å². The summed E-state index contributed by atoms with van der Waals surface area (Å²) in [6.45, 7) is 7.09. The van der Waals surface area contributed by atoms with E-state index in [4.69, 9.17) is 10.00 Å². The second-order valence-electron chi connectivity index (χ2n) is 5.39. The summed E-state index contributed by atoms with van der Waals surface area (Å²) >= 11 is 0. The molecule has 1 aromatic rings. The molecule has 0 fully saturated rings. The Labute approximate surface area is 110 Å². The second-order valence-corrected chi connectivity index (χ2v) is 5.39. The molecule has 0 amide bonds. The maximum atomic E-state index is 8.81. The molecular formula is C15H22N2O. The van der Waals surface area contributed by atoms with E-state index < -0.39 is 0 Å².